The Morgan fingerprint density at radius 2 is 0.926 bits per heavy atom. The minimum Gasteiger partial charge on any atom is -0.480 e. The van der Waals surface area contributed by atoms with Gasteiger partial charge in [0.15, 0.2) is 0 Å². The maximum Gasteiger partial charge on any atom is 0.317 e. The van der Waals surface area contributed by atoms with Crippen LogP contribution in [0.2, 0.25) is 0 Å². The zero-order valence-corrected chi connectivity index (χ0v) is 29.2. The van der Waals surface area contributed by atoms with Gasteiger partial charge in [0.25, 0.3) is 0 Å². The van der Waals surface area contributed by atoms with Crippen molar-refractivity contribution in [2.45, 2.75) is 32.6 Å². The summed E-state index contributed by atoms with van der Waals surface area (Å²) >= 11 is 0. The largest absolute Gasteiger partial charge is 0.480 e. The fourth-order valence-corrected chi connectivity index (χ4v) is 6.00. The molecular formula is C38H40N6O10. The monoisotopic (exact) mass is 740 g/mol. The van der Waals surface area contributed by atoms with Crippen LogP contribution in [0.5, 0.6) is 0 Å². The van der Waals surface area contributed by atoms with Crippen molar-refractivity contribution < 1.29 is 48.4 Å². The van der Waals surface area contributed by atoms with E-state index in [2.05, 4.69) is 4.90 Å². The van der Waals surface area contributed by atoms with Crippen LogP contribution >= 0.6 is 0 Å². The van der Waals surface area contributed by atoms with Gasteiger partial charge in [-0.1, -0.05) is 12.1 Å². The molecule has 0 saturated carbocycles. The Hall–Kier alpha value is -6.36. The van der Waals surface area contributed by atoms with Gasteiger partial charge in [0.1, 0.15) is 11.5 Å². The van der Waals surface area contributed by atoms with Crippen molar-refractivity contribution in [2.75, 3.05) is 38.5 Å². The third kappa shape index (κ3) is 12.1. The first kappa shape index (κ1) is 38.9. The summed E-state index contributed by atoms with van der Waals surface area (Å²) in [5.74, 6) is -3.62. The molecule has 0 aliphatic carbocycles. The molecule has 0 saturated heterocycles. The van der Waals surface area contributed by atoms with Gasteiger partial charge in [0, 0.05) is 49.5 Å². The number of hydrogen-bond acceptors (Lipinski definition) is 12. The number of rotatable bonds is 21. The predicted octanol–water partition coefficient (Wildman–Crippen LogP) is 3.77. The van der Waals surface area contributed by atoms with Crippen LogP contribution in [-0.4, -0.2) is 102 Å². The van der Waals surface area contributed by atoms with Gasteiger partial charge in [0.2, 0.25) is 0 Å². The van der Waals surface area contributed by atoms with E-state index in [-0.39, 0.29) is 26.2 Å². The molecule has 282 valence electrons. The Labute approximate surface area is 309 Å². The minimum atomic E-state index is -1.18. The van der Waals surface area contributed by atoms with Crippen LogP contribution < -0.4 is 5.73 Å². The lowest BCUT2D eigenvalue weighted by molar-refractivity contribution is -0.144. The summed E-state index contributed by atoms with van der Waals surface area (Å²) in [6, 6.07) is 21.7. The average Bonchev–Trinajstić information content (AvgIpc) is 3.83. The summed E-state index contributed by atoms with van der Waals surface area (Å²) in [5.41, 5.74) is 11.0. The standard InChI is InChI=1S/C38H40N6O10/c39-28-7-5-25(6-8-28)9-10-42(17-29-13-26(33-3-1-11-53-33)15-31(40-29)19-43(21-35(45)46)22-36(47)48)18-30-14-27(34-4-2-12-54-34)16-32(41-30)20-44(23-37(49)50)24-38(51)52/h1-8,11-16H,9-10,17-24,39H2,(H,45,46)(H,47,48)(H,49,50)(H,51,52). The number of nitrogens with zero attached hydrogens (tertiary/aromatic N) is 5. The molecule has 4 aromatic heterocycles. The molecular weight excluding hydrogens is 700 g/mol. The van der Waals surface area contributed by atoms with Gasteiger partial charge < -0.3 is 35.0 Å². The Balaban J connectivity index is 1.51. The van der Waals surface area contributed by atoms with E-state index in [0.29, 0.717) is 64.1 Å². The molecule has 0 amide bonds. The zero-order valence-electron chi connectivity index (χ0n) is 29.2. The molecule has 5 aromatic rings. The number of benzene rings is 1. The number of hydrogen-bond donors (Lipinski definition) is 5. The van der Waals surface area contributed by atoms with E-state index in [1.807, 2.05) is 36.4 Å². The number of carbonyl (C=O) groups is 4. The van der Waals surface area contributed by atoms with E-state index in [4.69, 9.17) is 24.5 Å². The number of furan rings is 2. The van der Waals surface area contributed by atoms with E-state index in [1.165, 1.54) is 22.3 Å². The highest BCUT2D eigenvalue weighted by atomic mass is 16.4. The maximum absolute atomic E-state index is 11.6. The molecule has 6 N–H and O–H groups in total. The molecule has 0 spiro atoms. The van der Waals surface area contributed by atoms with Gasteiger partial charge in [-0.25, -0.2) is 0 Å². The molecule has 0 unspecified atom stereocenters. The van der Waals surface area contributed by atoms with E-state index < -0.39 is 50.1 Å². The van der Waals surface area contributed by atoms with Gasteiger partial charge in [0.05, 0.1) is 61.5 Å². The van der Waals surface area contributed by atoms with Crippen LogP contribution in [-0.2, 0) is 51.8 Å². The van der Waals surface area contributed by atoms with Crippen molar-refractivity contribution in [3.05, 3.63) is 114 Å². The first-order chi connectivity index (χ1) is 25.9. The van der Waals surface area contributed by atoms with Crippen LogP contribution in [0.15, 0.2) is 94.2 Å². The molecule has 0 fully saturated rings. The van der Waals surface area contributed by atoms with Crippen LogP contribution in [0.3, 0.4) is 0 Å². The first-order valence-electron chi connectivity index (χ1n) is 16.8. The third-order valence-corrected chi connectivity index (χ3v) is 8.15. The number of carboxylic acids is 4. The van der Waals surface area contributed by atoms with Crippen molar-refractivity contribution in [1.82, 2.24) is 24.7 Å². The molecule has 16 nitrogen and oxygen atoms in total. The van der Waals surface area contributed by atoms with Gasteiger partial charge >= 0.3 is 23.9 Å². The zero-order chi connectivity index (χ0) is 38.6. The van der Waals surface area contributed by atoms with E-state index in [9.17, 15) is 39.6 Å². The van der Waals surface area contributed by atoms with E-state index in [0.717, 1.165) is 5.56 Å². The summed E-state index contributed by atoms with van der Waals surface area (Å²) in [4.78, 5) is 60.5. The Bertz CT molecular complexity index is 1880. The lowest BCUT2D eigenvalue weighted by Gasteiger charge is -2.24. The lowest BCUT2D eigenvalue weighted by Crippen LogP contribution is -2.34. The van der Waals surface area contributed by atoms with Gasteiger partial charge in [-0.05, 0) is 72.6 Å². The fourth-order valence-electron chi connectivity index (χ4n) is 6.00. The topological polar surface area (TPSA) is 237 Å². The summed E-state index contributed by atoms with van der Waals surface area (Å²) in [6.45, 7) is -1.04. The predicted molar refractivity (Wildman–Crippen MR) is 194 cm³/mol. The molecule has 5 rings (SSSR count). The van der Waals surface area contributed by atoms with Crippen molar-refractivity contribution in [1.29, 1.82) is 0 Å². The molecule has 4 heterocycles. The molecule has 1 aromatic carbocycles. The molecule has 0 aliphatic rings. The fraction of sp³-hybridized carbons (Fsp3) is 0.263. The van der Waals surface area contributed by atoms with Crippen molar-refractivity contribution in [3.63, 3.8) is 0 Å². The quantitative estimate of drug-likeness (QED) is 0.0673. The maximum atomic E-state index is 11.6. The van der Waals surface area contributed by atoms with Crippen LogP contribution in [0, 0.1) is 0 Å². The van der Waals surface area contributed by atoms with Crippen LogP contribution in [0.4, 0.5) is 5.69 Å². The number of nitrogens with two attached hydrogens (primary N) is 1. The highest BCUT2D eigenvalue weighted by Gasteiger charge is 2.20. The van der Waals surface area contributed by atoms with Crippen molar-refractivity contribution >= 4 is 29.6 Å². The molecule has 0 bridgehead atoms. The van der Waals surface area contributed by atoms with Gasteiger partial charge in [-0.3, -0.25) is 43.8 Å². The van der Waals surface area contributed by atoms with Crippen molar-refractivity contribution in [3.8, 4) is 22.6 Å². The van der Waals surface area contributed by atoms with Crippen LogP contribution in [0.25, 0.3) is 22.6 Å². The van der Waals surface area contributed by atoms with E-state index >= 15 is 0 Å². The Morgan fingerprint density at radius 1 is 0.556 bits per heavy atom. The highest BCUT2D eigenvalue weighted by Crippen LogP contribution is 2.26. The first-order valence-corrected chi connectivity index (χ1v) is 16.8. The summed E-state index contributed by atoms with van der Waals surface area (Å²) in [5, 5.41) is 37.7. The van der Waals surface area contributed by atoms with E-state index in [1.54, 1.807) is 36.4 Å². The van der Waals surface area contributed by atoms with Gasteiger partial charge in [-0.15, -0.1) is 0 Å². The Kier molecular flexibility index (Phi) is 13.3. The lowest BCUT2D eigenvalue weighted by atomic mass is 10.1. The minimum absolute atomic E-state index is 0.0507. The SMILES string of the molecule is Nc1ccc(CCN(Cc2cc(-c3ccco3)cc(CN(CC(=O)O)CC(=O)O)n2)Cc2cc(-c3ccco3)cc(CN(CC(=O)O)CC(=O)O)n2)cc1. The molecule has 0 atom stereocenters. The summed E-state index contributed by atoms with van der Waals surface area (Å²) < 4.78 is 11.3. The number of pyridine rings is 2. The normalized spacial score (nSPS) is 11.4. The molecule has 16 heteroatoms. The number of carboxylic acid groups (broad SMARTS) is 4. The Morgan fingerprint density at radius 3 is 1.26 bits per heavy atom. The number of nitrogen functional groups attached to an aromatic ring is 1. The summed E-state index contributed by atoms with van der Waals surface area (Å²) in [6.07, 6.45) is 3.67. The molecule has 0 aliphatic heterocycles. The number of aliphatic carboxylic acids is 4. The number of aromatic nitrogens is 2. The van der Waals surface area contributed by atoms with Gasteiger partial charge in [-0.2, -0.15) is 0 Å². The highest BCUT2D eigenvalue weighted by molar-refractivity contribution is 5.73. The third-order valence-electron chi connectivity index (χ3n) is 8.15. The number of anilines is 1. The second-order valence-electron chi connectivity index (χ2n) is 12.7. The second kappa shape index (κ2) is 18.4. The second-order valence-corrected chi connectivity index (χ2v) is 12.7. The van der Waals surface area contributed by atoms with Crippen molar-refractivity contribution in [2.24, 2.45) is 0 Å². The smallest absolute Gasteiger partial charge is 0.317 e. The molecule has 0 radical (unpaired) electrons. The van der Waals surface area contributed by atoms with Crippen LogP contribution in [0.1, 0.15) is 28.3 Å². The average molecular weight is 741 g/mol. The summed E-state index contributed by atoms with van der Waals surface area (Å²) in [7, 11) is 0. The molecule has 54 heavy (non-hydrogen) atoms.